The van der Waals surface area contributed by atoms with Gasteiger partial charge in [-0.2, -0.15) is 0 Å². The van der Waals surface area contributed by atoms with Crippen molar-refractivity contribution in [3.05, 3.63) is 65.2 Å². The topological polar surface area (TPSA) is 61.4 Å². The molecule has 0 fully saturated rings. The summed E-state index contributed by atoms with van der Waals surface area (Å²) < 4.78 is 0. The molecule has 0 aromatic heterocycles. The number of nitrogens with one attached hydrogen (secondary N) is 2. The summed E-state index contributed by atoms with van der Waals surface area (Å²) >= 11 is 0. The summed E-state index contributed by atoms with van der Waals surface area (Å²) in [5.74, 6) is -0.543. The Hall–Kier alpha value is -2.66. The van der Waals surface area contributed by atoms with Gasteiger partial charge in [0.2, 0.25) is 11.8 Å². The number of carbonyl (C=O) groups excluding carboxylic acids is 2. The molecule has 0 spiro atoms. The Balaban J connectivity index is 1.27. The average molecular weight is 363 g/mol. The molecule has 2 aromatic rings. The summed E-state index contributed by atoms with van der Waals surface area (Å²) in [6, 6.07) is 16.2. The van der Waals surface area contributed by atoms with Crippen molar-refractivity contribution in [3.8, 4) is 0 Å². The van der Waals surface area contributed by atoms with Gasteiger partial charge in [0.25, 0.3) is 0 Å². The maximum atomic E-state index is 12.6. The van der Waals surface area contributed by atoms with Crippen LogP contribution >= 0.6 is 0 Å². The fourth-order valence-corrected chi connectivity index (χ4v) is 4.03. The zero-order valence-corrected chi connectivity index (χ0v) is 15.4. The average Bonchev–Trinajstić information content (AvgIpc) is 2.70. The molecule has 5 nitrogen and oxygen atoms in total. The molecule has 2 heterocycles. The molecule has 2 aromatic carbocycles. The molecule has 5 heteroatoms. The van der Waals surface area contributed by atoms with Crippen molar-refractivity contribution in [2.24, 2.45) is 0 Å². The number of anilines is 1. The predicted molar refractivity (Wildman–Crippen MR) is 105 cm³/mol. The van der Waals surface area contributed by atoms with Gasteiger partial charge in [0, 0.05) is 38.3 Å². The summed E-state index contributed by atoms with van der Waals surface area (Å²) in [5.41, 5.74) is 4.53. The van der Waals surface area contributed by atoms with Gasteiger partial charge in [0.15, 0.2) is 0 Å². The SMILES string of the molecule is O=C1C[C@H](C(=O)NCCCN2CCc3ccccc3C2)c2ccccc2N1. The van der Waals surface area contributed by atoms with E-state index in [2.05, 4.69) is 39.8 Å². The first-order chi connectivity index (χ1) is 13.2. The lowest BCUT2D eigenvalue weighted by Crippen LogP contribution is -2.37. The third kappa shape index (κ3) is 4.03. The van der Waals surface area contributed by atoms with Gasteiger partial charge in [0.1, 0.15) is 0 Å². The second kappa shape index (κ2) is 7.92. The highest BCUT2D eigenvalue weighted by Crippen LogP contribution is 2.31. The van der Waals surface area contributed by atoms with Crippen LogP contribution in [0.4, 0.5) is 5.69 Å². The van der Waals surface area contributed by atoms with Crippen LogP contribution in [0.2, 0.25) is 0 Å². The van der Waals surface area contributed by atoms with Gasteiger partial charge < -0.3 is 10.6 Å². The number of para-hydroxylation sites is 1. The van der Waals surface area contributed by atoms with Gasteiger partial charge in [0.05, 0.1) is 5.92 Å². The number of hydrogen-bond acceptors (Lipinski definition) is 3. The highest BCUT2D eigenvalue weighted by molar-refractivity contribution is 6.01. The van der Waals surface area contributed by atoms with Gasteiger partial charge in [-0.3, -0.25) is 14.5 Å². The third-order valence-corrected chi connectivity index (χ3v) is 5.48. The van der Waals surface area contributed by atoms with Crippen molar-refractivity contribution < 1.29 is 9.59 Å². The van der Waals surface area contributed by atoms with Crippen LogP contribution in [0.25, 0.3) is 0 Å². The highest BCUT2D eigenvalue weighted by Gasteiger charge is 2.30. The van der Waals surface area contributed by atoms with E-state index in [9.17, 15) is 9.59 Å². The lowest BCUT2D eigenvalue weighted by atomic mass is 9.90. The van der Waals surface area contributed by atoms with E-state index < -0.39 is 5.92 Å². The van der Waals surface area contributed by atoms with Crippen LogP contribution in [-0.4, -0.2) is 36.3 Å². The van der Waals surface area contributed by atoms with E-state index in [0.29, 0.717) is 6.54 Å². The number of amides is 2. The van der Waals surface area contributed by atoms with Crippen molar-refractivity contribution >= 4 is 17.5 Å². The van der Waals surface area contributed by atoms with Crippen LogP contribution in [0.3, 0.4) is 0 Å². The second-order valence-corrected chi connectivity index (χ2v) is 7.33. The molecule has 0 bridgehead atoms. The van der Waals surface area contributed by atoms with Gasteiger partial charge in [-0.05, 0) is 35.6 Å². The van der Waals surface area contributed by atoms with E-state index in [1.807, 2.05) is 24.3 Å². The van der Waals surface area contributed by atoms with Crippen LogP contribution in [0.5, 0.6) is 0 Å². The summed E-state index contributed by atoms with van der Waals surface area (Å²) in [4.78, 5) is 26.9. The number of fused-ring (bicyclic) bond motifs is 2. The van der Waals surface area contributed by atoms with Crippen molar-refractivity contribution in [3.63, 3.8) is 0 Å². The van der Waals surface area contributed by atoms with Crippen LogP contribution in [-0.2, 0) is 22.6 Å². The lowest BCUT2D eigenvalue weighted by molar-refractivity contribution is -0.126. The Labute approximate surface area is 159 Å². The Morgan fingerprint density at radius 2 is 1.89 bits per heavy atom. The monoisotopic (exact) mass is 363 g/mol. The minimum atomic E-state index is -0.392. The van der Waals surface area contributed by atoms with Gasteiger partial charge in [-0.1, -0.05) is 42.5 Å². The van der Waals surface area contributed by atoms with Crippen LogP contribution in [0.1, 0.15) is 35.4 Å². The smallest absolute Gasteiger partial charge is 0.228 e. The maximum absolute atomic E-state index is 12.6. The van der Waals surface area contributed by atoms with E-state index in [0.717, 1.165) is 43.7 Å². The van der Waals surface area contributed by atoms with Gasteiger partial charge in [-0.15, -0.1) is 0 Å². The largest absolute Gasteiger partial charge is 0.356 e. The Morgan fingerprint density at radius 1 is 1.11 bits per heavy atom. The normalized spacial score (nSPS) is 19.0. The molecule has 2 aliphatic rings. The minimum absolute atomic E-state index is 0.0544. The molecule has 2 amide bonds. The predicted octanol–water partition coefficient (Wildman–Crippen LogP) is 2.68. The number of rotatable bonds is 5. The molecule has 1 atom stereocenters. The fourth-order valence-electron chi connectivity index (χ4n) is 4.03. The van der Waals surface area contributed by atoms with E-state index in [4.69, 9.17) is 0 Å². The molecule has 0 radical (unpaired) electrons. The highest BCUT2D eigenvalue weighted by atomic mass is 16.2. The Kier molecular flexibility index (Phi) is 5.21. The number of carbonyl (C=O) groups is 2. The Bertz CT molecular complexity index is 849. The quantitative estimate of drug-likeness (QED) is 0.803. The first-order valence-corrected chi connectivity index (χ1v) is 9.66. The van der Waals surface area contributed by atoms with Gasteiger partial charge in [-0.25, -0.2) is 0 Å². The molecule has 27 heavy (non-hydrogen) atoms. The summed E-state index contributed by atoms with van der Waals surface area (Å²) in [5, 5.41) is 5.86. The first kappa shape index (κ1) is 17.7. The first-order valence-electron chi connectivity index (χ1n) is 9.66. The number of benzene rings is 2. The summed E-state index contributed by atoms with van der Waals surface area (Å²) in [7, 11) is 0. The second-order valence-electron chi connectivity index (χ2n) is 7.33. The molecule has 0 saturated carbocycles. The van der Waals surface area contributed by atoms with Crippen LogP contribution < -0.4 is 10.6 Å². The number of nitrogens with zero attached hydrogens (tertiary/aromatic N) is 1. The zero-order valence-electron chi connectivity index (χ0n) is 15.4. The van der Waals surface area contributed by atoms with Crippen molar-refractivity contribution in [1.82, 2.24) is 10.2 Å². The molecule has 0 unspecified atom stereocenters. The Morgan fingerprint density at radius 3 is 2.78 bits per heavy atom. The molecule has 2 aliphatic heterocycles. The fraction of sp³-hybridized carbons (Fsp3) is 0.364. The molecule has 0 aliphatic carbocycles. The van der Waals surface area contributed by atoms with E-state index in [1.54, 1.807) is 0 Å². The summed E-state index contributed by atoms with van der Waals surface area (Å²) in [6.07, 6.45) is 2.22. The molecule has 140 valence electrons. The number of hydrogen-bond donors (Lipinski definition) is 2. The molecule has 0 saturated heterocycles. The lowest BCUT2D eigenvalue weighted by Gasteiger charge is -2.29. The van der Waals surface area contributed by atoms with Gasteiger partial charge >= 0.3 is 0 Å². The molecule has 2 N–H and O–H groups in total. The van der Waals surface area contributed by atoms with Crippen molar-refractivity contribution in [2.75, 3.05) is 25.0 Å². The van der Waals surface area contributed by atoms with Crippen LogP contribution in [0.15, 0.2) is 48.5 Å². The maximum Gasteiger partial charge on any atom is 0.228 e. The van der Waals surface area contributed by atoms with E-state index in [1.165, 1.54) is 11.1 Å². The van der Waals surface area contributed by atoms with Crippen LogP contribution in [0, 0.1) is 0 Å². The standard InChI is InChI=1S/C22H25N3O2/c26-21-14-19(18-8-3-4-9-20(18)24-21)22(27)23-11-5-12-25-13-10-16-6-1-2-7-17(16)15-25/h1-4,6-9,19H,5,10-15H2,(H,23,27)(H,24,26)/t19-/m0/s1. The molecule has 4 rings (SSSR count). The third-order valence-electron chi connectivity index (χ3n) is 5.48. The van der Waals surface area contributed by atoms with Crippen molar-refractivity contribution in [1.29, 1.82) is 0 Å². The van der Waals surface area contributed by atoms with E-state index in [-0.39, 0.29) is 18.2 Å². The zero-order chi connectivity index (χ0) is 18.6. The van der Waals surface area contributed by atoms with E-state index >= 15 is 0 Å². The molecular formula is C22H25N3O2. The van der Waals surface area contributed by atoms with Crippen molar-refractivity contribution in [2.45, 2.75) is 31.7 Å². The molecular weight excluding hydrogens is 338 g/mol. The minimum Gasteiger partial charge on any atom is -0.356 e. The summed E-state index contributed by atoms with van der Waals surface area (Å²) in [6.45, 7) is 3.66.